The molecule has 5 nitrogen and oxygen atoms in total. The Bertz CT molecular complexity index is 785. The second-order valence-corrected chi connectivity index (χ2v) is 6.89. The molecule has 0 aliphatic carbocycles. The summed E-state index contributed by atoms with van der Waals surface area (Å²) in [6.07, 6.45) is 0.644. The van der Waals surface area contributed by atoms with Gasteiger partial charge in [-0.3, -0.25) is 4.79 Å². The average molecular weight is 372 g/mol. The van der Waals surface area contributed by atoms with Gasteiger partial charge in [-0.25, -0.2) is 4.39 Å². The quantitative estimate of drug-likeness (QED) is 0.874. The van der Waals surface area contributed by atoms with Crippen LogP contribution in [0.2, 0.25) is 0 Å². The van der Waals surface area contributed by atoms with Crippen LogP contribution in [0.5, 0.6) is 11.5 Å². The molecule has 0 spiro atoms. The standard InChI is InChI=1S/C21H25FN2O3/c1-14-12-24(13-15(2)26-14)21(25)19-11-18(7-8-20(19)22)27-17-5-3-16(4-6-17)9-10-23/h3-8,11,14-15H,9-10,12-13,23H2,1-2H3/t14-,15+. The lowest BCUT2D eigenvalue weighted by atomic mass is 10.1. The van der Waals surface area contributed by atoms with Crippen LogP contribution in [0.15, 0.2) is 42.5 Å². The number of hydrogen-bond acceptors (Lipinski definition) is 4. The summed E-state index contributed by atoms with van der Waals surface area (Å²) >= 11 is 0. The van der Waals surface area contributed by atoms with Crippen LogP contribution in [0.25, 0.3) is 0 Å². The van der Waals surface area contributed by atoms with Crippen LogP contribution >= 0.6 is 0 Å². The number of halogens is 1. The van der Waals surface area contributed by atoms with Gasteiger partial charge in [0.25, 0.3) is 5.91 Å². The molecule has 0 bridgehead atoms. The maximum atomic E-state index is 14.3. The molecular formula is C21H25FN2O3. The largest absolute Gasteiger partial charge is 0.457 e. The zero-order valence-electron chi connectivity index (χ0n) is 15.7. The maximum absolute atomic E-state index is 14.3. The summed E-state index contributed by atoms with van der Waals surface area (Å²) in [5.74, 6) is 0.130. The number of carbonyl (C=O) groups excluding carboxylic acids is 1. The van der Waals surface area contributed by atoms with E-state index >= 15 is 0 Å². The summed E-state index contributed by atoms with van der Waals surface area (Å²) in [5, 5.41) is 0. The van der Waals surface area contributed by atoms with Gasteiger partial charge in [0.2, 0.25) is 0 Å². The van der Waals surface area contributed by atoms with E-state index in [1.165, 1.54) is 18.2 Å². The molecule has 0 saturated carbocycles. The molecule has 1 heterocycles. The molecule has 2 aromatic rings. The topological polar surface area (TPSA) is 64.8 Å². The van der Waals surface area contributed by atoms with Gasteiger partial charge in [-0.05, 0) is 62.7 Å². The van der Waals surface area contributed by atoms with E-state index in [9.17, 15) is 9.18 Å². The Morgan fingerprint density at radius 3 is 2.41 bits per heavy atom. The monoisotopic (exact) mass is 372 g/mol. The summed E-state index contributed by atoms with van der Waals surface area (Å²) in [6.45, 7) is 5.27. The fourth-order valence-electron chi connectivity index (χ4n) is 3.27. The Hall–Kier alpha value is -2.44. The van der Waals surface area contributed by atoms with Crippen LogP contribution in [-0.2, 0) is 11.2 Å². The van der Waals surface area contributed by atoms with Gasteiger partial charge in [0, 0.05) is 13.1 Å². The molecule has 1 saturated heterocycles. The minimum absolute atomic E-state index is 0.00792. The van der Waals surface area contributed by atoms with Crippen molar-refractivity contribution in [2.24, 2.45) is 5.73 Å². The molecule has 2 N–H and O–H groups in total. The van der Waals surface area contributed by atoms with E-state index in [4.69, 9.17) is 15.2 Å². The smallest absolute Gasteiger partial charge is 0.257 e. The molecule has 1 aliphatic heterocycles. The number of carbonyl (C=O) groups is 1. The van der Waals surface area contributed by atoms with Gasteiger partial charge in [0.1, 0.15) is 17.3 Å². The Kier molecular flexibility index (Phi) is 6.08. The molecule has 0 radical (unpaired) electrons. The molecular weight excluding hydrogens is 347 g/mol. The zero-order chi connectivity index (χ0) is 19.4. The number of nitrogens with zero attached hydrogens (tertiary/aromatic N) is 1. The van der Waals surface area contributed by atoms with Crippen molar-refractivity contribution in [2.45, 2.75) is 32.5 Å². The molecule has 1 amide bonds. The number of morpholine rings is 1. The van der Waals surface area contributed by atoms with Crippen LogP contribution in [0.4, 0.5) is 4.39 Å². The maximum Gasteiger partial charge on any atom is 0.257 e. The predicted octanol–water partition coefficient (Wildman–Crippen LogP) is 3.37. The van der Waals surface area contributed by atoms with Crippen LogP contribution < -0.4 is 10.5 Å². The third kappa shape index (κ3) is 4.84. The lowest BCUT2D eigenvalue weighted by Gasteiger charge is -2.35. The van der Waals surface area contributed by atoms with Gasteiger partial charge in [-0.2, -0.15) is 0 Å². The average Bonchev–Trinajstić information content (AvgIpc) is 2.64. The first-order valence-corrected chi connectivity index (χ1v) is 9.17. The van der Waals surface area contributed by atoms with Crippen molar-refractivity contribution in [3.8, 4) is 11.5 Å². The highest BCUT2D eigenvalue weighted by Crippen LogP contribution is 2.25. The summed E-state index contributed by atoms with van der Waals surface area (Å²) in [6, 6.07) is 11.8. The van der Waals surface area contributed by atoms with Gasteiger partial charge in [0.05, 0.1) is 17.8 Å². The van der Waals surface area contributed by atoms with Crippen molar-refractivity contribution < 1.29 is 18.7 Å². The third-order valence-electron chi connectivity index (χ3n) is 4.47. The number of ether oxygens (including phenoxy) is 2. The highest BCUT2D eigenvalue weighted by atomic mass is 19.1. The van der Waals surface area contributed by atoms with E-state index in [1.54, 1.807) is 4.90 Å². The zero-order valence-corrected chi connectivity index (χ0v) is 15.7. The Labute approximate surface area is 158 Å². The minimum atomic E-state index is -0.558. The van der Waals surface area contributed by atoms with Crippen LogP contribution in [0.1, 0.15) is 29.8 Å². The summed E-state index contributed by atoms with van der Waals surface area (Å²) in [5.41, 5.74) is 6.68. The summed E-state index contributed by atoms with van der Waals surface area (Å²) < 4.78 is 25.7. The molecule has 27 heavy (non-hydrogen) atoms. The fourth-order valence-corrected chi connectivity index (χ4v) is 3.27. The van der Waals surface area contributed by atoms with E-state index in [1.807, 2.05) is 38.1 Å². The van der Waals surface area contributed by atoms with Crippen LogP contribution in [-0.4, -0.2) is 42.6 Å². The van der Waals surface area contributed by atoms with Crippen LogP contribution in [0.3, 0.4) is 0 Å². The van der Waals surface area contributed by atoms with Gasteiger partial charge in [-0.15, -0.1) is 0 Å². The SMILES string of the molecule is C[C@@H]1CN(C(=O)c2cc(Oc3ccc(CCN)cc3)ccc2F)C[C@H](C)O1. The van der Waals surface area contributed by atoms with E-state index < -0.39 is 5.82 Å². The van der Waals surface area contributed by atoms with Crippen molar-refractivity contribution in [1.82, 2.24) is 4.90 Å². The highest BCUT2D eigenvalue weighted by Gasteiger charge is 2.28. The first-order chi connectivity index (χ1) is 13.0. The first-order valence-electron chi connectivity index (χ1n) is 9.17. The van der Waals surface area contributed by atoms with Gasteiger partial charge in [-0.1, -0.05) is 12.1 Å². The molecule has 1 fully saturated rings. The van der Waals surface area contributed by atoms with Gasteiger partial charge in [0.15, 0.2) is 0 Å². The summed E-state index contributed by atoms with van der Waals surface area (Å²) in [7, 11) is 0. The first kappa shape index (κ1) is 19.3. The lowest BCUT2D eigenvalue weighted by Crippen LogP contribution is -2.48. The summed E-state index contributed by atoms with van der Waals surface area (Å²) in [4.78, 5) is 14.4. The van der Waals surface area contributed by atoms with Crippen molar-refractivity contribution >= 4 is 5.91 Å². The predicted molar refractivity (Wildman–Crippen MR) is 102 cm³/mol. The Balaban J connectivity index is 1.76. The highest BCUT2D eigenvalue weighted by molar-refractivity contribution is 5.95. The van der Waals surface area contributed by atoms with Crippen molar-refractivity contribution in [3.63, 3.8) is 0 Å². The molecule has 144 valence electrons. The molecule has 0 unspecified atom stereocenters. The molecule has 3 rings (SSSR count). The molecule has 2 aromatic carbocycles. The molecule has 2 atom stereocenters. The number of amides is 1. The van der Waals surface area contributed by atoms with Crippen molar-refractivity contribution in [1.29, 1.82) is 0 Å². The molecule has 6 heteroatoms. The normalized spacial score (nSPS) is 19.8. The van der Waals surface area contributed by atoms with E-state index in [-0.39, 0.29) is 23.7 Å². The van der Waals surface area contributed by atoms with Crippen molar-refractivity contribution in [2.75, 3.05) is 19.6 Å². The lowest BCUT2D eigenvalue weighted by molar-refractivity contribution is -0.0587. The molecule has 0 aromatic heterocycles. The number of benzene rings is 2. The number of hydrogen-bond donors (Lipinski definition) is 1. The number of nitrogens with two attached hydrogens (primary N) is 1. The van der Waals surface area contributed by atoms with Gasteiger partial charge >= 0.3 is 0 Å². The van der Waals surface area contributed by atoms with E-state index in [2.05, 4.69) is 0 Å². The minimum Gasteiger partial charge on any atom is -0.457 e. The molecule has 1 aliphatic rings. The Morgan fingerprint density at radius 2 is 1.78 bits per heavy atom. The Morgan fingerprint density at radius 1 is 1.15 bits per heavy atom. The van der Waals surface area contributed by atoms with E-state index in [0.29, 0.717) is 31.1 Å². The van der Waals surface area contributed by atoms with Crippen LogP contribution in [0, 0.1) is 5.82 Å². The third-order valence-corrected chi connectivity index (χ3v) is 4.47. The second kappa shape index (κ2) is 8.50. The van der Waals surface area contributed by atoms with Gasteiger partial charge < -0.3 is 20.1 Å². The number of rotatable bonds is 5. The van der Waals surface area contributed by atoms with Crippen molar-refractivity contribution in [3.05, 3.63) is 59.4 Å². The van der Waals surface area contributed by atoms with E-state index in [0.717, 1.165) is 12.0 Å². The second-order valence-electron chi connectivity index (χ2n) is 6.89. The fraction of sp³-hybridized carbons (Fsp3) is 0.381.